The van der Waals surface area contributed by atoms with E-state index >= 15 is 0 Å². The minimum Gasteiger partial charge on any atom is -0.512 e. The number of allylic oxidation sites excluding steroid dienone is 4. The number of aliphatic hydroxyl groups is 2. The standard InChI is InChI=1S/C19H16ClN3O2S/c1-12(24)11-13(25)5-4-8-18-21-22-19(26)23(18)17-10-9-16(20)14-6-2-3-7-15(14)17/h2-11,24-25H,1H3,(H,22,26)/b8-4+,12-11+,13-5+. The van der Waals surface area contributed by atoms with Crippen molar-refractivity contribution in [2.75, 3.05) is 0 Å². The number of aromatic nitrogens is 3. The van der Waals surface area contributed by atoms with Gasteiger partial charge < -0.3 is 10.2 Å². The molecule has 0 saturated carbocycles. The molecule has 26 heavy (non-hydrogen) atoms. The highest BCUT2D eigenvalue weighted by molar-refractivity contribution is 7.71. The third kappa shape index (κ3) is 3.71. The first-order valence-electron chi connectivity index (χ1n) is 7.77. The maximum atomic E-state index is 9.66. The molecule has 3 N–H and O–H groups in total. The van der Waals surface area contributed by atoms with Crippen molar-refractivity contribution in [3.05, 3.63) is 81.8 Å². The van der Waals surface area contributed by atoms with Gasteiger partial charge in [0.1, 0.15) is 5.76 Å². The fraction of sp³-hybridized carbons (Fsp3) is 0.0526. The van der Waals surface area contributed by atoms with Crippen molar-refractivity contribution in [3.8, 4) is 5.69 Å². The van der Waals surface area contributed by atoms with E-state index in [4.69, 9.17) is 28.9 Å². The van der Waals surface area contributed by atoms with Crippen molar-refractivity contribution < 1.29 is 10.2 Å². The van der Waals surface area contributed by atoms with E-state index < -0.39 is 0 Å². The van der Waals surface area contributed by atoms with Crippen molar-refractivity contribution >= 4 is 40.7 Å². The van der Waals surface area contributed by atoms with Gasteiger partial charge in [-0.1, -0.05) is 41.9 Å². The monoisotopic (exact) mass is 385 g/mol. The smallest absolute Gasteiger partial charge is 0.200 e. The van der Waals surface area contributed by atoms with Crippen LogP contribution in [-0.2, 0) is 0 Å². The van der Waals surface area contributed by atoms with E-state index in [0.29, 0.717) is 15.6 Å². The highest BCUT2D eigenvalue weighted by Gasteiger charge is 2.10. The molecule has 0 saturated heterocycles. The first kappa shape index (κ1) is 18.0. The number of nitrogens with one attached hydrogen (secondary N) is 1. The van der Waals surface area contributed by atoms with Gasteiger partial charge in [0.25, 0.3) is 0 Å². The van der Waals surface area contributed by atoms with E-state index in [1.54, 1.807) is 16.7 Å². The quantitative estimate of drug-likeness (QED) is 0.308. The number of aliphatic hydroxyl groups excluding tert-OH is 2. The summed E-state index contributed by atoms with van der Waals surface area (Å²) in [5.74, 6) is 0.512. The first-order chi connectivity index (χ1) is 12.5. The molecule has 0 fully saturated rings. The Balaban J connectivity index is 2.09. The molecule has 0 bridgehead atoms. The summed E-state index contributed by atoms with van der Waals surface area (Å²) in [4.78, 5) is 0. The third-order valence-electron chi connectivity index (χ3n) is 3.66. The minimum atomic E-state index is -0.0705. The fourth-order valence-corrected chi connectivity index (χ4v) is 3.06. The molecule has 2 aromatic carbocycles. The molecule has 0 aliphatic carbocycles. The Labute approximate surface area is 160 Å². The zero-order chi connectivity index (χ0) is 18.7. The zero-order valence-corrected chi connectivity index (χ0v) is 15.4. The summed E-state index contributed by atoms with van der Waals surface area (Å²) in [6, 6.07) is 11.5. The lowest BCUT2D eigenvalue weighted by molar-refractivity contribution is 0.393. The lowest BCUT2D eigenvalue weighted by Gasteiger charge is -2.10. The molecular formula is C19H16ClN3O2S. The Hall–Kier alpha value is -2.83. The van der Waals surface area contributed by atoms with Gasteiger partial charge in [0.2, 0.25) is 0 Å². The second-order valence-corrected chi connectivity index (χ2v) is 6.36. The molecule has 0 aliphatic heterocycles. The Morgan fingerprint density at radius 2 is 1.92 bits per heavy atom. The van der Waals surface area contributed by atoms with Crippen molar-refractivity contribution in [2.45, 2.75) is 6.92 Å². The molecule has 7 heteroatoms. The largest absolute Gasteiger partial charge is 0.512 e. The summed E-state index contributed by atoms with van der Waals surface area (Å²) < 4.78 is 2.24. The fourth-order valence-electron chi connectivity index (χ4n) is 2.59. The van der Waals surface area contributed by atoms with Crippen LogP contribution in [0.25, 0.3) is 22.5 Å². The normalized spacial score (nSPS) is 13.0. The SMILES string of the molecule is C\C(O)=C/C(O)=C\C=C\c1n[nH]c(=S)n1-c1ccc(Cl)c2ccccc12. The van der Waals surface area contributed by atoms with Crippen LogP contribution in [0.15, 0.2) is 66.1 Å². The van der Waals surface area contributed by atoms with E-state index in [9.17, 15) is 5.11 Å². The number of aromatic amines is 1. The van der Waals surface area contributed by atoms with Crippen LogP contribution in [0.1, 0.15) is 12.7 Å². The van der Waals surface area contributed by atoms with Crippen LogP contribution < -0.4 is 0 Å². The Morgan fingerprint density at radius 3 is 2.65 bits per heavy atom. The maximum Gasteiger partial charge on any atom is 0.200 e. The third-order valence-corrected chi connectivity index (χ3v) is 4.26. The molecule has 132 valence electrons. The summed E-state index contributed by atoms with van der Waals surface area (Å²) in [5, 5.41) is 28.4. The molecule has 0 unspecified atom stereocenters. The highest BCUT2D eigenvalue weighted by atomic mass is 35.5. The summed E-state index contributed by atoms with van der Waals surface area (Å²) in [6.45, 7) is 1.48. The van der Waals surface area contributed by atoms with Gasteiger partial charge in [-0.3, -0.25) is 9.67 Å². The number of hydrogen-bond donors (Lipinski definition) is 3. The number of nitrogens with zero attached hydrogens (tertiary/aromatic N) is 2. The second-order valence-electron chi connectivity index (χ2n) is 5.57. The highest BCUT2D eigenvalue weighted by Crippen LogP contribution is 2.29. The van der Waals surface area contributed by atoms with Crippen molar-refractivity contribution in [3.63, 3.8) is 0 Å². The van der Waals surface area contributed by atoms with Crippen LogP contribution in [0.3, 0.4) is 0 Å². The molecule has 0 atom stereocenters. The van der Waals surface area contributed by atoms with E-state index in [2.05, 4.69) is 10.2 Å². The van der Waals surface area contributed by atoms with Gasteiger partial charge >= 0.3 is 0 Å². The molecule has 1 heterocycles. The summed E-state index contributed by atoms with van der Waals surface area (Å²) in [7, 11) is 0. The Morgan fingerprint density at radius 1 is 1.19 bits per heavy atom. The van der Waals surface area contributed by atoms with Crippen LogP contribution >= 0.6 is 23.8 Å². The van der Waals surface area contributed by atoms with E-state index in [1.807, 2.05) is 36.4 Å². The Bertz CT molecular complexity index is 1110. The van der Waals surface area contributed by atoms with E-state index in [1.165, 1.54) is 19.1 Å². The average Bonchev–Trinajstić information content (AvgIpc) is 2.96. The van der Waals surface area contributed by atoms with Gasteiger partial charge in [-0.25, -0.2) is 0 Å². The van der Waals surface area contributed by atoms with Gasteiger partial charge in [0.05, 0.1) is 11.4 Å². The zero-order valence-electron chi connectivity index (χ0n) is 13.8. The van der Waals surface area contributed by atoms with Crippen LogP contribution in [0.4, 0.5) is 0 Å². The molecule has 0 aliphatic rings. The summed E-state index contributed by atoms with van der Waals surface area (Å²) >= 11 is 11.7. The number of H-pyrrole nitrogens is 1. The van der Waals surface area contributed by atoms with E-state index in [-0.39, 0.29) is 11.5 Å². The molecule has 0 spiro atoms. The predicted octanol–water partition coefficient (Wildman–Crippen LogP) is 5.65. The van der Waals surface area contributed by atoms with Gasteiger partial charge in [-0.2, -0.15) is 5.10 Å². The van der Waals surface area contributed by atoms with Crippen molar-refractivity contribution in [2.24, 2.45) is 0 Å². The second kappa shape index (κ2) is 7.59. The average molecular weight is 386 g/mol. The predicted molar refractivity (Wildman–Crippen MR) is 107 cm³/mol. The number of benzene rings is 2. The number of halogens is 1. The van der Waals surface area contributed by atoms with Gasteiger partial charge in [0.15, 0.2) is 10.6 Å². The summed E-state index contributed by atoms with van der Waals surface area (Å²) in [6.07, 6.45) is 6.01. The molecule has 0 amide bonds. The van der Waals surface area contributed by atoms with Crippen LogP contribution in [-0.4, -0.2) is 25.0 Å². The van der Waals surface area contributed by atoms with Crippen LogP contribution in [0.2, 0.25) is 5.02 Å². The molecule has 3 aromatic rings. The van der Waals surface area contributed by atoms with Gasteiger partial charge in [-0.15, -0.1) is 0 Å². The van der Waals surface area contributed by atoms with Gasteiger partial charge in [0, 0.05) is 21.9 Å². The lowest BCUT2D eigenvalue weighted by atomic mass is 10.1. The lowest BCUT2D eigenvalue weighted by Crippen LogP contribution is -1.98. The Kier molecular flexibility index (Phi) is 5.25. The van der Waals surface area contributed by atoms with Crippen LogP contribution in [0.5, 0.6) is 0 Å². The van der Waals surface area contributed by atoms with Gasteiger partial charge in [-0.05, 0) is 43.4 Å². The molecule has 5 nitrogen and oxygen atoms in total. The number of rotatable bonds is 4. The molecule has 0 radical (unpaired) electrons. The van der Waals surface area contributed by atoms with Crippen molar-refractivity contribution in [1.29, 1.82) is 0 Å². The minimum absolute atomic E-state index is 0.0162. The molecular weight excluding hydrogens is 370 g/mol. The van der Waals surface area contributed by atoms with E-state index in [0.717, 1.165) is 16.5 Å². The molecule has 1 aromatic heterocycles. The first-order valence-corrected chi connectivity index (χ1v) is 8.55. The molecule has 3 rings (SSSR count). The maximum absolute atomic E-state index is 9.66. The van der Waals surface area contributed by atoms with Crippen LogP contribution in [0, 0.1) is 4.77 Å². The number of hydrogen-bond acceptors (Lipinski definition) is 4. The van der Waals surface area contributed by atoms with Crippen molar-refractivity contribution in [1.82, 2.24) is 14.8 Å². The summed E-state index contributed by atoms with van der Waals surface area (Å²) in [5.41, 5.74) is 0.850. The topological polar surface area (TPSA) is 74.1 Å². The number of fused-ring (bicyclic) bond motifs is 1.